The van der Waals surface area contributed by atoms with Crippen LogP contribution in [0.5, 0.6) is 0 Å². The molecule has 1 fully saturated rings. The van der Waals surface area contributed by atoms with Gasteiger partial charge in [0.15, 0.2) is 0 Å². The Balaban J connectivity index is 2.12. The summed E-state index contributed by atoms with van der Waals surface area (Å²) >= 11 is 8.32. The van der Waals surface area contributed by atoms with Gasteiger partial charge >= 0.3 is 0 Å². The largest absolute Gasteiger partial charge is 0.370 e. The summed E-state index contributed by atoms with van der Waals surface area (Å²) in [4.78, 5) is 2.40. The van der Waals surface area contributed by atoms with Gasteiger partial charge in [0.25, 0.3) is 0 Å². The summed E-state index contributed by atoms with van der Waals surface area (Å²) < 4.78 is 0. The molecule has 2 N–H and O–H groups in total. The van der Waals surface area contributed by atoms with Crippen LogP contribution in [0.15, 0.2) is 18.2 Å². The quantitative estimate of drug-likeness (QED) is 0.916. The van der Waals surface area contributed by atoms with Crippen LogP contribution in [0.25, 0.3) is 0 Å². The van der Waals surface area contributed by atoms with Crippen molar-refractivity contribution in [3.8, 4) is 0 Å². The van der Waals surface area contributed by atoms with Gasteiger partial charge in [0.05, 0.1) is 0 Å². The lowest BCUT2D eigenvalue weighted by Gasteiger charge is -2.29. The second-order valence-corrected chi connectivity index (χ2v) is 6.19. The van der Waals surface area contributed by atoms with Crippen LogP contribution in [-0.4, -0.2) is 30.6 Å². The highest BCUT2D eigenvalue weighted by Gasteiger charge is 2.12. The third-order valence-electron chi connectivity index (χ3n) is 2.95. The van der Waals surface area contributed by atoms with Crippen LogP contribution in [0.2, 0.25) is 5.02 Å². The van der Waals surface area contributed by atoms with E-state index in [1.165, 1.54) is 17.2 Å². The maximum atomic E-state index is 6.31. The summed E-state index contributed by atoms with van der Waals surface area (Å²) in [5, 5.41) is 0.845. The summed E-state index contributed by atoms with van der Waals surface area (Å²) in [6.07, 6.45) is 0.842. The predicted octanol–water partition coefficient (Wildman–Crippen LogP) is 2.78. The van der Waals surface area contributed by atoms with Gasteiger partial charge in [-0.05, 0) is 31.0 Å². The SMILES string of the molecule is CC(N)Cc1ccc(N2CCSCC2)cc1Cl. The summed E-state index contributed by atoms with van der Waals surface area (Å²) in [6.45, 7) is 4.24. The standard InChI is InChI=1S/C13H19ClN2S/c1-10(15)8-11-2-3-12(9-13(11)14)16-4-6-17-7-5-16/h2-3,9-10H,4-8,15H2,1H3. The molecule has 2 rings (SSSR count). The van der Waals surface area contributed by atoms with E-state index in [1.807, 2.05) is 18.7 Å². The fraction of sp³-hybridized carbons (Fsp3) is 0.538. The number of halogens is 1. The molecule has 1 aromatic carbocycles. The number of thioether (sulfide) groups is 1. The molecular weight excluding hydrogens is 252 g/mol. The van der Waals surface area contributed by atoms with E-state index < -0.39 is 0 Å². The first-order valence-corrected chi connectivity index (χ1v) is 7.57. The van der Waals surface area contributed by atoms with E-state index in [-0.39, 0.29) is 6.04 Å². The highest BCUT2D eigenvalue weighted by molar-refractivity contribution is 7.99. The van der Waals surface area contributed by atoms with Crippen molar-refractivity contribution < 1.29 is 0 Å². The van der Waals surface area contributed by atoms with E-state index in [9.17, 15) is 0 Å². The van der Waals surface area contributed by atoms with E-state index in [4.69, 9.17) is 17.3 Å². The van der Waals surface area contributed by atoms with Crippen LogP contribution in [0.4, 0.5) is 5.69 Å². The van der Waals surface area contributed by atoms with Gasteiger partial charge in [-0.25, -0.2) is 0 Å². The molecule has 0 spiro atoms. The molecule has 4 heteroatoms. The van der Waals surface area contributed by atoms with E-state index in [2.05, 4.69) is 23.1 Å². The maximum absolute atomic E-state index is 6.31. The number of hydrogen-bond acceptors (Lipinski definition) is 3. The molecule has 2 nitrogen and oxygen atoms in total. The first-order valence-electron chi connectivity index (χ1n) is 6.03. The summed E-state index contributed by atoms with van der Waals surface area (Å²) in [5.74, 6) is 2.42. The van der Waals surface area contributed by atoms with Gasteiger partial charge in [-0.3, -0.25) is 0 Å². The molecule has 0 bridgehead atoms. The molecule has 1 unspecified atom stereocenters. The van der Waals surface area contributed by atoms with Gasteiger partial charge < -0.3 is 10.6 Å². The Kier molecular flexibility index (Phi) is 4.60. The van der Waals surface area contributed by atoms with E-state index in [0.717, 1.165) is 30.1 Å². The van der Waals surface area contributed by atoms with Gasteiger partial charge in [0.2, 0.25) is 0 Å². The van der Waals surface area contributed by atoms with Crippen molar-refractivity contribution in [1.29, 1.82) is 0 Å². The lowest BCUT2D eigenvalue weighted by Crippen LogP contribution is -2.32. The summed E-state index contributed by atoms with van der Waals surface area (Å²) in [5.41, 5.74) is 8.19. The molecule has 1 atom stereocenters. The number of nitrogens with two attached hydrogens (primary N) is 1. The number of anilines is 1. The van der Waals surface area contributed by atoms with Gasteiger partial charge in [-0.1, -0.05) is 17.7 Å². The minimum absolute atomic E-state index is 0.157. The Bertz CT molecular complexity index is 376. The van der Waals surface area contributed by atoms with Crippen LogP contribution < -0.4 is 10.6 Å². The highest BCUT2D eigenvalue weighted by atomic mass is 35.5. The minimum Gasteiger partial charge on any atom is -0.370 e. The van der Waals surface area contributed by atoms with E-state index >= 15 is 0 Å². The third-order valence-corrected chi connectivity index (χ3v) is 4.25. The van der Waals surface area contributed by atoms with Gasteiger partial charge in [0, 0.05) is 41.3 Å². The molecule has 0 amide bonds. The molecule has 0 saturated carbocycles. The Morgan fingerprint density at radius 3 is 2.71 bits per heavy atom. The molecular formula is C13H19ClN2S. The minimum atomic E-state index is 0.157. The summed E-state index contributed by atoms with van der Waals surface area (Å²) in [7, 11) is 0. The van der Waals surface area contributed by atoms with Crippen molar-refractivity contribution >= 4 is 29.1 Å². The van der Waals surface area contributed by atoms with Crippen molar-refractivity contribution in [3.63, 3.8) is 0 Å². The molecule has 1 aliphatic rings. The monoisotopic (exact) mass is 270 g/mol. The molecule has 1 aliphatic heterocycles. The molecule has 1 heterocycles. The van der Waals surface area contributed by atoms with Gasteiger partial charge in [0.1, 0.15) is 0 Å². The topological polar surface area (TPSA) is 29.3 Å². The maximum Gasteiger partial charge on any atom is 0.0459 e. The first-order chi connectivity index (χ1) is 8.16. The van der Waals surface area contributed by atoms with E-state index in [0.29, 0.717) is 0 Å². The number of hydrogen-bond donors (Lipinski definition) is 1. The highest BCUT2D eigenvalue weighted by Crippen LogP contribution is 2.26. The molecule has 0 radical (unpaired) electrons. The van der Waals surface area contributed by atoms with Crippen molar-refractivity contribution in [1.82, 2.24) is 0 Å². The molecule has 0 aromatic heterocycles. The fourth-order valence-corrected chi connectivity index (χ4v) is 3.22. The lowest BCUT2D eigenvalue weighted by atomic mass is 10.1. The van der Waals surface area contributed by atoms with Crippen LogP contribution in [0, 0.1) is 0 Å². The normalized spacial score (nSPS) is 18.2. The zero-order chi connectivity index (χ0) is 12.3. The molecule has 94 valence electrons. The van der Waals surface area contributed by atoms with Crippen molar-refractivity contribution in [2.45, 2.75) is 19.4 Å². The van der Waals surface area contributed by atoms with E-state index in [1.54, 1.807) is 0 Å². The van der Waals surface area contributed by atoms with Crippen LogP contribution in [0.1, 0.15) is 12.5 Å². The first kappa shape index (κ1) is 13.1. The van der Waals surface area contributed by atoms with Gasteiger partial charge in [-0.2, -0.15) is 11.8 Å². The Hall–Kier alpha value is -0.380. The number of rotatable bonds is 3. The molecule has 1 saturated heterocycles. The summed E-state index contributed by atoms with van der Waals surface area (Å²) in [6, 6.07) is 6.52. The third kappa shape index (κ3) is 3.54. The van der Waals surface area contributed by atoms with Gasteiger partial charge in [-0.15, -0.1) is 0 Å². The fourth-order valence-electron chi connectivity index (χ4n) is 2.07. The molecule has 0 aliphatic carbocycles. The molecule has 17 heavy (non-hydrogen) atoms. The molecule has 1 aromatic rings. The van der Waals surface area contributed by atoms with Crippen molar-refractivity contribution in [2.75, 3.05) is 29.5 Å². The lowest BCUT2D eigenvalue weighted by molar-refractivity contribution is 0.738. The van der Waals surface area contributed by atoms with Crippen molar-refractivity contribution in [2.24, 2.45) is 5.73 Å². The number of nitrogens with zero attached hydrogens (tertiary/aromatic N) is 1. The van der Waals surface area contributed by atoms with Crippen LogP contribution in [0.3, 0.4) is 0 Å². The zero-order valence-corrected chi connectivity index (χ0v) is 11.7. The van der Waals surface area contributed by atoms with Crippen molar-refractivity contribution in [3.05, 3.63) is 28.8 Å². The Labute approximate surface area is 113 Å². The average Bonchev–Trinajstić information content (AvgIpc) is 2.32. The Morgan fingerprint density at radius 1 is 1.41 bits per heavy atom. The predicted molar refractivity (Wildman–Crippen MR) is 78.3 cm³/mol. The zero-order valence-electron chi connectivity index (χ0n) is 10.2. The Morgan fingerprint density at radius 2 is 2.12 bits per heavy atom. The van der Waals surface area contributed by atoms with Crippen LogP contribution in [-0.2, 0) is 6.42 Å². The second-order valence-electron chi connectivity index (χ2n) is 4.56. The average molecular weight is 271 g/mol. The smallest absolute Gasteiger partial charge is 0.0459 e. The second kappa shape index (κ2) is 5.98. The number of benzene rings is 1. The van der Waals surface area contributed by atoms with Crippen LogP contribution >= 0.6 is 23.4 Å².